The fraction of sp³-hybridized carbons (Fsp3) is 0.400. The van der Waals surface area contributed by atoms with Gasteiger partial charge >= 0.3 is 0 Å². The monoisotopic (exact) mass is 303 g/mol. The molecule has 0 saturated heterocycles. The Kier molecular flexibility index (Phi) is 3.56. The van der Waals surface area contributed by atoms with Crippen molar-refractivity contribution in [1.82, 2.24) is 15.0 Å². The maximum atomic E-state index is 13.5. The Bertz CT molecular complexity index is 727. The van der Waals surface area contributed by atoms with E-state index in [1.165, 1.54) is 12.1 Å². The summed E-state index contributed by atoms with van der Waals surface area (Å²) < 4.78 is 15.1. The minimum atomic E-state index is -0.309. The van der Waals surface area contributed by atoms with E-state index in [2.05, 4.69) is 10.3 Å². The number of likely N-dealkylation sites (N-methyl/N-ethyl adjacent to an activating group) is 1. The van der Waals surface area contributed by atoms with E-state index in [0.29, 0.717) is 42.4 Å². The molecule has 1 aromatic heterocycles. The van der Waals surface area contributed by atoms with Gasteiger partial charge < -0.3 is 9.80 Å². The summed E-state index contributed by atoms with van der Waals surface area (Å²) in [4.78, 5) is 16.6. The topological polar surface area (TPSA) is 54.3 Å². The molecule has 6 nitrogen and oxygen atoms in total. The highest BCUT2D eigenvalue weighted by molar-refractivity contribution is 6.07. The molecule has 1 amide bonds. The van der Waals surface area contributed by atoms with Crippen LogP contribution in [0.15, 0.2) is 18.2 Å². The Morgan fingerprint density at radius 2 is 2.09 bits per heavy atom. The fourth-order valence-electron chi connectivity index (χ4n) is 2.75. The predicted molar refractivity (Wildman–Crippen MR) is 81.8 cm³/mol. The number of rotatable bonds is 2. The smallest absolute Gasteiger partial charge is 0.278 e. The van der Waals surface area contributed by atoms with Crippen molar-refractivity contribution in [3.63, 3.8) is 0 Å². The third-order valence-corrected chi connectivity index (χ3v) is 3.95. The van der Waals surface area contributed by atoms with Crippen LogP contribution in [0.2, 0.25) is 0 Å². The van der Waals surface area contributed by atoms with Crippen molar-refractivity contribution >= 4 is 17.3 Å². The van der Waals surface area contributed by atoms with E-state index in [0.717, 1.165) is 0 Å². The van der Waals surface area contributed by atoms with Crippen LogP contribution in [0.3, 0.4) is 0 Å². The molecule has 0 atom stereocenters. The number of anilines is 2. The van der Waals surface area contributed by atoms with E-state index in [1.807, 2.05) is 18.9 Å². The number of fused-ring (bicyclic) bond motifs is 1. The average Bonchev–Trinajstić information content (AvgIpc) is 2.88. The number of halogens is 1. The van der Waals surface area contributed by atoms with E-state index in [4.69, 9.17) is 0 Å². The zero-order valence-electron chi connectivity index (χ0n) is 12.9. The normalized spacial score (nSPS) is 14.2. The summed E-state index contributed by atoms with van der Waals surface area (Å²) in [6, 6.07) is 4.48. The predicted octanol–water partition coefficient (Wildman–Crippen LogP) is 1.84. The van der Waals surface area contributed by atoms with E-state index in [-0.39, 0.29) is 11.7 Å². The van der Waals surface area contributed by atoms with Crippen molar-refractivity contribution in [1.29, 1.82) is 0 Å². The molecule has 0 unspecified atom stereocenters. The van der Waals surface area contributed by atoms with Gasteiger partial charge in [-0.3, -0.25) is 4.79 Å². The standard InChI is InChI=1S/C15H18FN5O/c1-4-21-14(10(2)17-18-21)15(22)20-8-7-19(3)13-9-11(16)5-6-12(13)20/h5-6,9H,4,7-8H2,1-3H3. The number of nitrogens with zero attached hydrogens (tertiary/aromatic N) is 5. The van der Waals surface area contributed by atoms with Gasteiger partial charge in [0.25, 0.3) is 5.91 Å². The number of hydrogen-bond acceptors (Lipinski definition) is 4. The number of aromatic nitrogens is 3. The van der Waals surface area contributed by atoms with Gasteiger partial charge in [0.05, 0.1) is 17.1 Å². The van der Waals surface area contributed by atoms with Crippen molar-refractivity contribution in [2.24, 2.45) is 0 Å². The van der Waals surface area contributed by atoms with Crippen LogP contribution in [-0.2, 0) is 6.54 Å². The molecule has 7 heteroatoms. The molecule has 1 aromatic carbocycles. The first-order chi connectivity index (χ1) is 10.5. The van der Waals surface area contributed by atoms with Crippen LogP contribution in [0.5, 0.6) is 0 Å². The van der Waals surface area contributed by atoms with Crippen LogP contribution in [0.1, 0.15) is 23.1 Å². The van der Waals surface area contributed by atoms with Crippen LogP contribution < -0.4 is 9.80 Å². The molecular weight excluding hydrogens is 285 g/mol. The molecule has 3 rings (SSSR count). The minimum absolute atomic E-state index is 0.148. The third-order valence-electron chi connectivity index (χ3n) is 3.95. The van der Waals surface area contributed by atoms with Gasteiger partial charge in [-0.05, 0) is 32.0 Å². The molecule has 0 aliphatic carbocycles. The van der Waals surface area contributed by atoms with Crippen molar-refractivity contribution in [3.05, 3.63) is 35.4 Å². The summed E-state index contributed by atoms with van der Waals surface area (Å²) in [6.45, 7) is 5.45. The molecule has 22 heavy (non-hydrogen) atoms. The zero-order chi connectivity index (χ0) is 15.9. The quantitative estimate of drug-likeness (QED) is 0.849. The molecule has 2 aromatic rings. The summed E-state index contributed by atoms with van der Waals surface area (Å²) in [5.41, 5.74) is 2.52. The molecule has 1 aliphatic rings. The highest BCUT2D eigenvalue weighted by Crippen LogP contribution is 2.33. The number of carbonyl (C=O) groups is 1. The fourth-order valence-corrected chi connectivity index (χ4v) is 2.75. The Morgan fingerprint density at radius 3 is 2.82 bits per heavy atom. The van der Waals surface area contributed by atoms with E-state index in [1.54, 1.807) is 22.6 Å². The molecule has 0 N–H and O–H groups in total. The maximum absolute atomic E-state index is 13.5. The molecule has 116 valence electrons. The van der Waals surface area contributed by atoms with Gasteiger partial charge in [0.2, 0.25) is 0 Å². The van der Waals surface area contributed by atoms with Gasteiger partial charge in [-0.2, -0.15) is 0 Å². The molecular formula is C15H18FN5O. The van der Waals surface area contributed by atoms with Gasteiger partial charge in [-0.1, -0.05) is 5.21 Å². The molecule has 0 radical (unpaired) electrons. The summed E-state index contributed by atoms with van der Waals surface area (Å²) in [5, 5.41) is 7.97. The second-order valence-corrected chi connectivity index (χ2v) is 5.35. The van der Waals surface area contributed by atoms with Gasteiger partial charge in [-0.25, -0.2) is 9.07 Å². The van der Waals surface area contributed by atoms with Crippen LogP contribution >= 0.6 is 0 Å². The number of amides is 1. The second kappa shape index (κ2) is 5.40. The van der Waals surface area contributed by atoms with Gasteiger partial charge in [0.15, 0.2) is 0 Å². The average molecular weight is 303 g/mol. The van der Waals surface area contributed by atoms with Crippen LogP contribution in [0.4, 0.5) is 15.8 Å². The Morgan fingerprint density at radius 1 is 1.32 bits per heavy atom. The van der Waals surface area contributed by atoms with Crippen LogP contribution in [-0.4, -0.2) is 41.0 Å². The first kappa shape index (κ1) is 14.5. The van der Waals surface area contributed by atoms with Crippen LogP contribution in [0.25, 0.3) is 0 Å². The lowest BCUT2D eigenvalue weighted by Crippen LogP contribution is -2.43. The lowest BCUT2D eigenvalue weighted by atomic mass is 10.1. The first-order valence-corrected chi connectivity index (χ1v) is 7.25. The molecule has 2 heterocycles. The molecule has 0 bridgehead atoms. The molecule has 0 saturated carbocycles. The largest absolute Gasteiger partial charge is 0.371 e. The van der Waals surface area contributed by atoms with Gasteiger partial charge in [0.1, 0.15) is 11.5 Å². The van der Waals surface area contributed by atoms with Crippen molar-refractivity contribution in [3.8, 4) is 0 Å². The van der Waals surface area contributed by atoms with Gasteiger partial charge in [0, 0.05) is 26.7 Å². The molecule has 0 spiro atoms. The maximum Gasteiger partial charge on any atom is 0.278 e. The second-order valence-electron chi connectivity index (χ2n) is 5.35. The Labute approximate surface area is 128 Å². The molecule has 1 aliphatic heterocycles. The van der Waals surface area contributed by atoms with Crippen LogP contribution in [0, 0.1) is 12.7 Å². The van der Waals surface area contributed by atoms with Crippen molar-refractivity contribution in [2.45, 2.75) is 20.4 Å². The first-order valence-electron chi connectivity index (χ1n) is 7.25. The summed E-state index contributed by atoms with van der Waals surface area (Å²) in [5.74, 6) is -0.457. The number of hydrogen-bond donors (Lipinski definition) is 0. The minimum Gasteiger partial charge on any atom is -0.371 e. The molecule has 0 fully saturated rings. The van der Waals surface area contributed by atoms with E-state index < -0.39 is 0 Å². The number of carbonyl (C=O) groups excluding carboxylic acids is 1. The summed E-state index contributed by atoms with van der Waals surface area (Å²) in [6.07, 6.45) is 0. The SMILES string of the molecule is CCn1nnc(C)c1C(=O)N1CCN(C)c2cc(F)ccc21. The third kappa shape index (κ3) is 2.22. The highest BCUT2D eigenvalue weighted by Gasteiger charge is 2.29. The highest BCUT2D eigenvalue weighted by atomic mass is 19.1. The zero-order valence-corrected chi connectivity index (χ0v) is 12.9. The van der Waals surface area contributed by atoms with Crippen molar-refractivity contribution in [2.75, 3.05) is 29.9 Å². The van der Waals surface area contributed by atoms with Gasteiger partial charge in [-0.15, -0.1) is 5.10 Å². The Balaban J connectivity index is 2.05. The van der Waals surface area contributed by atoms with E-state index >= 15 is 0 Å². The summed E-state index contributed by atoms with van der Waals surface area (Å²) >= 11 is 0. The number of aryl methyl sites for hydroxylation is 2. The lowest BCUT2D eigenvalue weighted by Gasteiger charge is -2.35. The summed E-state index contributed by atoms with van der Waals surface area (Å²) in [7, 11) is 1.89. The number of benzene rings is 1. The van der Waals surface area contributed by atoms with Crippen molar-refractivity contribution < 1.29 is 9.18 Å². The Hall–Kier alpha value is -2.44. The lowest BCUT2D eigenvalue weighted by molar-refractivity contribution is 0.0976. The van der Waals surface area contributed by atoms with E-state index in [9.17, 15) is 9.18 Å².